The highest BCUT2D eigenvalue weighted by Gasteiger charge is 2.19. The Labute approximate surface area is 138 Å². The van der Waals surface area contributed by atoms with Gasteiger partial charge in [-0.25, -0.2) is 0 Å². The van der Waals surface area contributed by atoms with E-state index in [4.69, 9.17) is 11.6 Å². The van der Waals surface area contributed by atoms with Gasteiger partial charge in [-0.15, -0.1) is 0 Å². The van der Waals surface area contributed by atoms with E-state index in [-0.39, 0.29) is 11.9 Å². The van der Waals surface area contributed by atoms with E-state index in [9.17, 15) is 4.79 Å². The molecule has 0 radical (unpaired) electrons. The number of nitrogens with one attached hydrogen (secondary N) is 1. The average molecular weight is 367 g/mol. The maximum atomic E-state index is 12.4. The van der Waals surface area contributed by atoms with Crippen LogP contribution in [0.3, 0.4) is 0 Å². The smallest absolute Gasteiger partial charge is 0.251 e. The summed E-state index contributed by atoms with van der Waals surface area (Å²) in [4.78, 5) is 12.4. The zero-order valence-electron chi connectivity index (χ0n) is 11.9. The molecule has 1 amide bonds. The van der Waals surface area contributed by atoms with E-state index in [1.54, 1.807) is 18.2 Å². The molecule has 1 unspecified atom stereocenters. The van der Waals surface area contributed by atoms with Gasteiger partial charge in [0.1, 0.15) is 0 Å². The molecule has 0 aliphatic heterocycles. The van der Waals surface area contributed by atoms with E-state index >= 15 is 0 Å². The molecule has 0 bridgehead atoms. The fourth-order valence-electron chi connectivity index (χ4n) is 2.20. The lowest BCUT2D eigenvalue weighted by atomic mass is 9.95. The number of carbonyl (C=O) groups is 1. The summed E-state index contributed by atoms with van der Waals surface area (Å²) in [5.74, 6) is 0.166. The number of benzene rings is 2. The van der Waals surface area contributed by atoms with Crippen LogP contribution >= 0.6 is 27.5 Å². The Morgan fingerprint density at radius 3 is 2.38 bits per heavy atom. The molecule has 0 spiro atoms. The summed E-state index contributed by atoms with van der Waals surface area (Å²) in [6.07, 6.45) is 0. The second kappa shape index (κ2) is 7.10. The molecule has 0 saturated carbocycles. The Bertz CT molecular complexity index is 608. The van der Waals surface area contributed by atoms with Crippen molar-refractivity contribution < 1.29 is 4.79 Å². The topological polar surface area (TPSA) is 29.1 Å². The van der Waals surface area contributed by atoms with Crippen molar-refractivity contribution in [1.82, 2.24) is 5.32 Å². The van der Waals surface area contributed by atoms with Crippen molar-refractivity contribution in [3.8, 4) is 0 Å². The second-order valence-electron chi connectivity index (χ2n) is 5.26. The van der Waals surface area contributed by atoms with Crippen LogP contribution in [0.1, 0.15) is 35.8 Å². The van der Waals surface area contributed by atoms with E-state index in [0.717, 1.165) is 10.0 Å². The molecule has 4 heteroatoms. The van der Waals surface area contributed by atoms with Gasteiger partial charge in [0.2, 0.25) is 0 Å². The van der Waals surface area contributed by atoms with Crippen molar-refractivity contribution in [2.45, 2.75) is 19.9 Å². The van der Waals surface area contributed by atoms with Gasteiger partial charge in [0.05, 0.1) is 6.04 Å². The fourth-order valence-corrected chi connectivity index (χ4v) is 3.06. The third-order valence-corrected chi connectivity index (χ3v) is 3.91. The van der Waals surface area contributed by atoms with Crippen LogP contribution in [0.2, 0.25) is 5.02 Å². The Hall–Kier alpha value is -1.32. The highest BCUT2D eigenvalue weighted by molar-refractivity contribution is 9.10. The zero-order valence-corrected chi connectivity index (χ0v) is 14.3. The van der Waals surface area contributed by atoms with Gasteiger partial charge >= 0.3 is 0 Å². The number of rotatable bonds is 4. The second-order valence-corrected chi connectivity index (χ2v) is 6.62. The molecule has 110 valence electrons. The summed E-state index contributed by atoms with van der Waals surface area (Å²) in [5.41, 5.74) is 1.65. The van der Waals surface area contributed by atoms with Gasteiger partial charge in [-0.1, -0.05) is 71.7 Å². The Morgan fingerprint density at radius 2 is 1.81 bits per heavy atom. The first-order valence-corrected chi connectivity index (χ1v) is 7.96. The van der Waals surface area contributed by atoms with E-state index in [1.165, 1.54) is 0 Å². The summed E-state index contributed by atoms with van der Waals surface area (Å²) in [6, 6.07) is 15.1. The van der Waals surface area contributed by atoms with Crippen LogP contribution in [0.5, 0.6) is 0 Å². The van der Waals surface area contributed by atoms with Crippen molar-refractivity contribution in [1.29, 1.82) is 0 Å². The van der Waals surface area contributed by atoms with Gasteiger partial charge in [0.25, 0.3) is 5.91 Å². The lowest BCUT2D eigenvalue weighted by Gasteiger charge is -2.23. The van der Waals surface area contributed by atoms with Crippen LogP contribution in [-0.2, 0) is 0 Å². The summed E-state index contributed by atoms with van der Waals surface area (Å²) in [7, 11) is 0. The maximum absolute atomic E-state index is 12.4. The summed E-state index contributed by atoms with van der Waals surface area (Å²) < 4.78 is 0.793. The lowest BCUT2D eigenvalue weighted by molar-refractivity contribution is 0.0925. The van der Waals surface area contributed by atoms with Gasteiger partial charge < -0.3 is 5.32 Å². The normalized spacial score (nSPS) is 12.2. The molecule has 21 heavy (non-hydrogen) atoms. The van der Waals surface area contributed by atoms with Gasteiger partial charge in [-0.2, -0.15) is 0 Å². The lowest BCUT2D eigenvalue weighted by Crippen LogP contribution is -2.31. The van der Waals surface area contributed by atoms with E-state index in [0.29, 0.717) is 16.5 Å². The Morgan fingerprint density at radius 1 is 1.14 bits per heavy atom. The van der Waals surface area contributed by atoms with Crippen LogP contribution in [-0.4, -0.2) is 5.91 Å². The molecule has 0 aromatic heterocycles. The molecule has 2 nitrogen and oxygen atoms in total. The van der Waals surface area contributed by atoms with Gasteiger partial charge in [0, 0.05) is 15.1 Å². The minimum absolute atomic E-state index is 0.0311. The third kappa shape index (κ3) is 4.32. The monoisotopic (exact) mass is 365 g/mol. The molecule has 0 heterocycles. The van der Waals surface area contributed by atoms with Crippen LogP contribution in [0.15, 0.2) is 53.0 Å². The number of amides is 1. The number of hydrogen-bond donors (Lipinski definition) is 1. The molecule has 2 aromatic rings. The summed E-state index contributed by atoms with van der Waals surface area (Å²) in [5, 5.41) is 3.62. The SMILES string of the molecule is CC(C)C(NC(=O)c1cc(Cl)cc(Br)c1)c1ccccc1. The number of carbonyl (C=O) groups excluding carboxylic acids is 1. The fraction of sp³-hybridized carbons (Fsp3) is 0.235. The zero-order chi connectivity index (χ0) is 15.4. The largest absolute Gasteiger partial charge is 0.345 e. The average Bonchev–Trinajstić information content (AvgIpc) is 2.44. The number of halogens is 2. The Balaban J connectivity index is 2.23. The Kier molecular flexibility index (Phi) is 5.43. The minimum Gasteiger partial charge on any atom is -0.345 e. The first-order chi connectivity index (χ1) is 9.97. The predicted molar refractivity (Wildman–Crippen MR) is 90.6 cm³/mol. The van der Waals surface area contributed by atoms with E-state index in [1.807, 2.05) is 30.3 Å². The molecule has 2 rings (SSSR count). The van der Waals surface area contributed by atoms with Crippen molar-refractivity contribution in [2.24, 2.45) is 5.92 Å². The molecule has 2 aromatic carbocycles. The first kappa shape index (κ1) is 16.1. The molecule has 0 aliphatic rings. The van der Waals surface area contributed by atoms with Gasteiger partial charge in [0.15, 0.2) is 0 Å². The molecule has 0 saturated heterocycles. The molecular formula is C17H17BrClNO. The molecular weight excluding hydrogens is 350 g/mol. The molecule has 0 aliphatic carbocycles. The highest BCUT2D eigenvalue weighted by Crippen LogP contribution is 2.24. The highest BCUT2D eigenvalue weighted by atomic mass is 79.9. The molecule has 1 N–H and O–H groups in total. The summed E-state index contributed by atoms with van der Waals surface area (Å²) in [6.45, 7) is 4.18. The minimum atomic E-state index is -0.124. The van der Waals surface area contributed by atoms with Crippen molar-refractivity contribution in [2.75, 3.05) is 0 Å². The number of hydrogen-bond acceptors (Lipinski definition) is 1. The van der Waals surface area contributed by atoms with Crippen molar-refractivity contribution in [3.63, 3.8) is 0 Å². The van der Waals surface area contributed by atoms with Crippen LogP contribution in [0, 0.1) is 5.92 Å². The van der Waals surface area contributed by atoms with Crippen LogP contribution in [0.4, 0.5) is 0 Å². The van der Waals surface area contributed by atoms with Gasteiger partial charge in [-0.3, -0.25) is 4.79 Å². The molecule has 1 atom stereocenters. The molecule has 0 fully saturated rings. The van der Waals surface area contributed by atoms with Crippen molar-refractivity contribution in [3.05, 3.63) is 69.2 Å². The first-order valence-electron chi connectivity index (χ1n) is 6.79. The predicted octanol–water partition coefficient (Wildman–Crippen LogP) is 5.23. The van der Waals surface area contributed by atoms with E-state index in [2.05, 4.69) is 35.1 Å². The quantitative estimate of drug-likeness (QED) is 0.788. The van der Waals surface area contributed by atoms with Crippen molar-refractivity contribution >= 4 is 33.4 Å². The van der Waals surface area contributed by atoms with Crippen LogP contribution in [0.25, 0.3) is 0 Å². The third-order valence-electron chi connectivity index (χ3n) is 3.24. The summed E-state index contributed by atoms with van der Waals surface area (Å²) >= 11 is 9.36. The maximum Gasteiger partial charge on any atom is 0.251 e. The standard InChI is InChI=1S/C17H17BrClNO/c1-11(2)16(12-6-4-3-5-7-12)20-17(21)13-8-14(18)10-15(19)9-13/h3-11,16H,1-2H3,(H,20,21). The van der Waals surface area contributed by atoms with E-state index < -0.39 is 0 Å². The van der Waals surface area contributed by atoms with Crippen LogP contribution < -0.4 is 5.32 Å². The van der Waals surface area contributed by atoms with Gasteiger partial charge in [-0.05, 0) is 29.7 Å².